The Morgan fingerprint density at radius 3 is 2.57 bits per heavy atom. The maximum Gasteiger partial charge on any atom is 0.168 e. The zero-order valence-electron chi connectivity index (χ0n) is 13.4. The van der Waals surface area contributed by atoms with E-state index in [0.29, 0.717) is 0 Å². The van der Waals surface area contributed by atoms with E-state index in [4.69, 9.17) is 0 Å². The Bertz CT molecular complexity index is 764. The third kappa shape index (κ3) is 2.17. The zero-order chi connectivity index (χ0) is 15.9. The van der Waals surface area contributed by atoms with E-state index in [1.807, 2.05) is 12.1 Å². The summed E-state index contributed by atoms with van der Waals surface area (Å²) >= 11 is 0. The lowest BCUT2D eigenvalue weighted by Gasteiger charge is -2.48. The first-order valence-electron chi connectivity index (χ1n) is 8.27. The van der Waals surface area contributed by atoms with Gasteiger partial charge in [0.05, 0.1) is 5.41 Å². The zero-order valence-corrected chi connectivity index (χ0v) is 13.4. The molecule has 0 N–H and O–H groups in total. The molecule has 0 aromatic heterocycles. The number of likely N-dealkylation sites (N-methyl/N-ethyl adjacent to an activating group) is 1. The topological polar surface area (TPSA) is 20.3 Å². The Morgan fingerprint density at radius 2 is 1.74 bits per heavy atom. The molecule has 2 aromatic carbocycles. The van der Waals surface area contributed by atoms with E-state index >= 15 is 0 Å². The number of fused-ring (bicyclic) bond motifs is 2. The molecule has 0 saturated carbocycles. The lowest BCUT2D eigenvalue weighted by molar-refractivity contribution is -0.122. The van der Waals surface area contributed by atoms with Crippen LogP contribution in [0.25, 0.3) is 6.08 Å². The summed E-state index contributed by atoms with van der Waals surface area (Å²) in [6.45, 7) is 1.81. The molecule has 0 radical (unpaired) electrons. The molecule has 1 heterocycles. The van der Waals surface area contributed by atoms with Crippen molar-refractivity contribution in [1.82, 2.24) is 4.90 Å². The first-order valence-corrected chi connectivity index (χ1v) is 8.27. The Hall–Kier alpha value is -2.19. The lowest BCUT2D eigenvalue weighted by Crippen LogP contribution is -2.54. The van der Waals surface area contributed by atoms with Crippen LogP contribution in [0, 0.1) is 0 Å². The van der Waals surface area contributed by atoms with Gasteiger partial charge in [-0.2, -0.15) is 0 Å². The summed E-state index contributed by atoms with van der Waals surface area (Å²) in [5.41, 5.74) is 3.19. The highest BCUT2D eigenvalue weighted by Crippen LogP contribution is 2.48. The normalized spacial score (nSPS) is 27.2. The molecule has 1 aliphatic heterocycles. The third-order valence-corrected chi connectivity index (χ3v) is 5.41. The van der Waals surface area contributed by atoms with Gasteiger partial charge in [0, 0.05) is 12.5 Å². The fourth-order valence-electron chi connectivity index (χ4n) is 4.37. The number of carbonyl (C=O) groups is 1. The van der Waals surface area contributed by atoms with Gasteiger partial charge in [0.1, 0.15) is 0 Å². The van der Waals surface area contributed by atoms with Crippen molar-refractivity contribution in [2.45, 2.75) is 17.8 Å². The summed E-state index contributed by atoms with van der Waals surface area (Å²) in [4.78, 5) is 15.4. The Kier molecular flexibility index (Phi) is 3.42. The van der Waals surface area contributed by atoms with Crippen LogP contribution in [0.5, 0.6) is 0 Å². The fourth-order valence-corrected chi connectivity index (χ4v) is 4.37. The number of carbonyl (C=O) groups excluding carboxylic acids is 1. The fraction of sp³-hybridized carbons (Fsp3) is 0.286. The molecule has 2 unspecified atom stereocenters. The Balaban J connectivity index is 1.94. The van der Waals surface area contributed by atoms with Crippen molar-refractivity contribution in [2.75, 3.05) is 20.1 Å². The molecule has 4 rings (SSSR count). The van der Waals surface area contributed by atoms with Crippen LogP contribution in [-0.4, -0.2) is 30.8 Å². The van der Waals surface area contributed by atoms with E-state index in [0.717, 1.165) is 19.5 Å². The Morgan fingerprint density at radius 1 is 1.00 bits per heavy atom. The summed E-state index contributed by atoms with van der Waals surface area (Å²) < 4.78 is 0. The molecule has 1 saturated heterocycles. The number of likely N-dealkylation sites (tertiary alicyclic amines) is 1. The minimum Gasteiger partial charge on any atom is -0.305 e. The predicted molar refractivity (Wildman–Crippen MR) is 93.5 cm³/mol. The van der Waals surface area contributed by atoms with Crippen molar-refractivity contribution < 1.29 is 4.79 Å². The molecule has 2 aliphatic rings. The molecular weight excluding hydrogens is 282 g/mol. The van der Waals surface area contributed by atoms with Crippen molar-refractivity contribution in [3.05, 3.63) is 77.4 Å². The first kappa shape index (κ1) is 14.4. The van der Waals surface area contributed by atoms with E-state index in [-0.39, 0.29) is 11.7 Å². The SMILES string of the molecule is CN1CCC(c2ccccc2)C2(C1)C(=O)C=Cc1ccccc12. The van der Waals surface area contributed by atoms with Crippen LogP contribution in [-0.2, 0) is 10.2 Å². The van der Waals surface area contributed by atoms with E-state index in [1.54, 1.807) is 6.08 Å². The maximum atomic E-state index is 13.1. The van der Waals surface area contributed by atoms with Crippen molar-refractivity contribution >= 4 is 11.9 Å². The van der Waals surface area contributed by atoms with Gasteiger partial charge in [-0.05, 0) is 42.8 Å². The summed E-state index contributed by atoms with van der Waals surface area (Å²) in [6.07, 6.45) is 4.77. The van der Waals surface area contributed by atoms with Crippen LogP contribution >= 0.6 is 0 Å². The van der Waals surface area contributed by atoms with Gasteiger partial charge in [-0.3, -0.25) is 4.79 Å². The van der Waals surface area contributed by atoms with Gasteiger partial charge in [0.25, 0.3) is 0 Å². The van der Waals surface area contributed by atoms with Crippen LogP contribution in [0.4, 0.5) is 0 Å². The standard InChI is InChI=1S/C21H21NO/c1-22-14-13-19(16-7-3-2-4-8-16)21(15-22)18-10-6-5-9-17(18)11-12-20(21)23/h2-12,19H,13-15H2,1H3. The number of rotatable bonds is 1. The summed E-state index contributed by atoms with van der Waals surface area (Å²) in [6, 6.07) is 18.9. The van der Waals surface area contributed by atoms with E-state index in [2.05, 4.69) is 60.5 Å². The average Bonchev–Trinajstić information content (AvgIpc) is 2.59. The molecule has 1 fully saturated rings. The van der Waals surface area contributed by atoms with Gasteiger partial charge < -0.3 is 4.90 Å². The maximum absolute atomic E-state index is 13.1. The molecule has 2 heteroatoms. The van der Waals surface area contributed by atoms with E-state index < -0.39 is 5.41 Å². The molecule has 1 spiro atoms. The molecule has 2 atom stereocenters. The smallest absolute Gasteiger partial charge is 0.168 e. The van der Waals surface area contributed by atoms with Gasteiger partial charge in [-0.1, -0.05) is 60.7 Å². The second-order valence-corrected chi connectivity index (χ2v) is 6.75. The summed E-state index contributed by atoms with van der Waals surface area (Å²) in [5.74, 6) is 0.482. The predicted octanol–water partition coefficient (Wildman–Crippen LogP) is 3.64. The lowest BCUT2D eigenvalue weighted by atomic mass is 9.59. The van der Waals surface area contributed by atoms with Crippen LogP contribution in [0.1, 0.15) is 29.0 Å². The van der Waals surface area contributed by atoms with E-state index in [1.165, 1.54) is 16.7 Å². The quantitative estimate of drug-likeness (QED) is 0.801. The minimum absolute atomic E-state index is 0.235. The first-order chi connectivity index (χ1) is 11.2. The number of nitrogens with zero attached hydrogens (tertiary/aromatic N) is 1. The number of ketones is 1. The Labute approximate surface area is 137 Å². The van der Waals surface area contributed by atoms with Crippen molar-refractivity contribution in [3.63, 3.8) is 0 Å². The highest BCUT2D eigenvalue weighted by Gasteiger charge is 2.51. The number of hydrogen-bond donors (Lipinski definition) is 0. The van der Waals surface area contributed by atoms with Gasteiger partial charge in [-0.25, -0.2) is 0 Å². The molecule has 2 aromatic rings. The molecule has 23 heavy (non-hydrogen) atoms. The second kappa shape index (κ2) is 5.47. The number of piperidine rings is 1. The third-order valence-electron chi connectivity index (χ3n) is 5.41. The van der Waals surface area contributed by atoms with Gasteiger partial charge in [0.15, 0.2) is 5.78 Å². The second-order valence-electron chi connectivity index (χ2n) is 6.75. The van der Waals surface area contributed by atoms with Crippen molar-refractivity contribution in [3.8, 4) is 0 Å². The number of hydrogen-bond acceptors (Lipinski definition) is 2. The molecule has 116 valence electrons. The van der Waals surface area contributed by atoms with Gasteiger partial charge >= 0.3 is 0 Å². The molecule has 2 nitrogen and oxygen atoms in total. The minimum atomic E-state index is -0.459. The monoisotopic (exact) mass is 303 g/mol. The molecule has 0 bridgehead atoms. The molecular formula is C21H21NO. The average molecular weight is 303 g/mol. The van der Waals surface area contributed by atoms with Gasteiger partial charge in [-0.15, -0.1) is 0 Å². The van der Waals surface area contributed by atoms with Crippen LogP contribution in [0.3, 0.4) is 0 Å². The van der Waals surface area contributed by atoms with Crippen molar-refractivity contribution in [1.29, 1.82) is 0 Å². The van der Waals surface area contributed by atoms with Crippen LogP contribution in [0.2, 0.25) is 0 Å². The van der Waals surface area contributed by atoms with Crippen LogP contribution in [0.15, 0.2) is 60.7 Å². The number of benzene rings is 2. The number of allylic oxidation sites excluding steroid dienone is 1. The van der Waals surface area contributed by atoms with Gasteiger partial charge in [0.2, 0.25) is 0 Å². The summed E-state index contributed by atoms with van der Waals surface area (Å²) in [7, 11) is 2.12. The molecule has 0 amide bonds. The highest BCUT2D eigenvalue weighted by atomic mass is 16.1. The van der Waals surface area contributed by atoms with Crippen LogP contribution < -0.4 is 0 Å². The summed E-state index contributed by atoms with van der Waals surface area (Å²) in [5, 5.41) is 0. The molecule has 1 aliphatic carbocycles. The van der Waals surface area contributed by atoms with Crippen molar-refractivity contribution in [2.24, 2.45) is 0 Å². The highest BCUT2D eigenvalue weighted by molar-refractivity contribution is 6.06. The van der Waals surface area contributed by atoms with E-state index in [9.17, 15) is 4.79 Å². The largest absolute Gasteiger partial charge is 0.305 e.